The van der Waals surface area contributed by atoms with Crippen molar-refractivity contribution < 1.29 is 18.7 Å². The molecular formula is C29H35FN4O4. The maximum absolute atomic E-state index is 14.8. The van der Waals surface area contributed by atoms with Gasteiger partial charge < -0.3 is 20.8 Å². The Labute approximate surface area is 221 Å². The molecule has 0 saturated heterocycles. The number of nitrogens with zero attached hydrogens (tertiary/aromatic N) is 2. The van der Waals surface area contributed by atoms with E-state index in [0.717, 1.165) is 46.3 Å². The number of ether oxygens (including phenoxy) is 1. The van der Waals surface area contributed by atoms with Crippen molar-refractivity contribution in [1.82, 2.24) is 9.55 Å². The van der Waals surface area contributed by atoms with Crippen molar-refractivity contribution >= 4 is 23.3 Å². The molecule has 1 amide bonds. The molecule has 202 valence electrons. The largest absolute Gasteiger partial charge is 0.460 e. The molecule has 3 aliphatic rings. The maximum Gasteiger partial charge on any atom is 0.313 e. The fraction of sp³-hybridized carbons (Fsp3) is 0.448. The van der Waals surface area contributed by atoms with Crippen molar-refractivity contribution in [3.63, 3.8) is 0 Å². The number of hydrogen-bond acceptors (Lipinski definition) is 6. The molecule has 9 heteroatoms. The molecule has 0 fully saturated rings. The quantitative estimate of drug-likeness (QED) is 0.304. The molecule has 6 rings (SSSR count). The SMILES string of the molecule is CCC1C(=O)OCc2c1cc1n(c2=O)Cc2c-1nc1cc(F)c(C)c3c1c2C(C(C)C)CC3.CN.NC=O. The number of hydrogen-bond donors (Lipinski definition) is 2. The minimum Gasteiger partial charge on any atom is -0.460 e. The van der Waals surface area contributed by atoms with Crippen molar-refractivity contribution in [3.05, 3.63) is 61.7 Å². The molecule has 1 aromatic carbocycles. The number of benzene rings is 1. The minimum atomic E-state index is -0.440. The van der Waals surface area contributed by atoms with E-state index in [2.05, 4.69) is 25.3 Å². The van der Waals surface area contributed by atoms with E-state index < -0.39 is 5.92 Å². The van der Waals surface area contributed by atoms with Gasteiger partial charge in [0.05, 0.1) is 34.9 Å². The molecule has 38 heavy (non-hydrogen) atoms. The van der Waals surface area contributed by atoms with Crippen LogP contribution in [0.15, 0.2) is 16.9 Å². The number of carbonyl (C=O) groups is 2. The second kappa shape index (κ2) is 10.6. The molecule has 1 aliphatic carbocycles. The summed E-state index contributed by atoms with van der Waals surface area (Å²) in [4.78, 5) is 39.4. The van der Waals surface area contributed by atoms with Crippen LogP contribution in [0, 0.1) is 18.7 Å². The molecule has 3 aromatic rings. The van der Waals surface area contributed by atoms with Crippen molar-refractivity contribution in [2.24, 2.45) is 17.4 Å². The van der Waals surface area contributed by atoms with E-state index in [1.807, 2.05) is 19.9 Å². The van der Waals surface area contributed by atoms with Crippen LogP contribution in [0.1, 0.15) is 78.8 Å². The normalized spacial score (nSPS) is 18.4. The topological polar surface area (TPSA) is 130 Å². The molecule has 4 heterocycles. The smallest absolute Gasteiger partial charge is 0.313 e. The van der Waals surface area contributed by atoms with E-state index in [4.69, 9.17) is 14.5 Å². The van der Waals surface area contributed by atoms with Crippen LogP contribution in [0.5, 0.6) is 0 Å². The molecule has 4 N–H and O–H groups in total. The lowest BCUT2D eigenvalue weighted by Crippen LogP contribution is -2.32. The number of rotatable bonds is 2. The number of nitrogens with two attached hydrogens (primary N) is 2. The molecule has 2 aliphatic heterocycles. The number of primary amides is 1. The van der Waals surface area contributed by atoms with Crippen molar-refractivity contribution in [1.29, 1.82) is 0 Å². The third-order valence-electron chi connectivity index (χ3n) is 8.05. The van der Waals surface area contributed by atoms with Gasteiger partial charge in [-0.05, 0) is 73.4 Å². The predicted octanol–water partition coefficient (Wildman–Crippen LogP) is 3.79. The zero-order valence-electron chi connectivity index (χ0n) is 22.6. The summed E-state index contributed by atoms with van der Waals surface area (Å²) in [6, 6.07) is 3.51. The second-order valence-corrected chi connectivity index (χ2v) is 10.2. The van der Waals surface area contributed by atoms with Crippen LogP contribution in [0.2, 0.25) is 0 Å². The lowest BCUT2D eigenvalue weighted by atomic mass is 9.74. The van der Waals surface area contributed by atoms with Gasteiger partial charge in [0.2, 0.25) is 6.41 Å². The minimum absolute atomic E-state index is 0.0194. The molecule has 2 aromatic heterocycles. The Morgan fingerprint density at radius 1 is 1.21 bits per heavy atom. The maximum atomic E-state index is 14.8. The van der Waals surface area contributed by atoms with Gasteiger partial charge in [-0.1, -0.05) is 20.8 Å². The summed E-state index contributed by atoms with van der Waals surface area (Å²) in [5, 5.41) is 1.08. The van der Waals surface area contributed by atoms with Crippen LogP contribution >= 0.6 is 0 Å². The van der Waals surface area contributed by atoms with Crippen molar-refractivity contribution in [3.8, 4) is 11.4 Å². The van der Waals surface area contributed by atoms with Crippen LogP contribution in [0.4, 0.5) is 4.39 Å². The lowest BCUT2D eigenvalue weighted by molar-refractivity contribution is -0.148. The van der Waals surface area contributed by atoms with Gasteiger partial charge in [-0.25, -0.2) is 9.37 Å². The van der Waals surface area contributed by atoms with Gasteiger partial charge in [-0.15, -0.1) is 0 Å². The summed E-state index contributed by atoms with van der Waals surface area (Å²) in [7, 11) is 1.50. The Bertz CT molecular complexity index is 1490. The summed E-state index contributed by atoms with van der Waals surface area (Å²) < 4.78 is 21.9. The van der Waals surface area contributed by atoms with Gasteiger partial charge in [-0.2, -0.15) is 0 Å². The summed E-state index contributed by atoms with van der Waals surface area (Å²) in [5.74, 6) is -0.202. The van der Waals surface area contributed by atoms with Crippen LogP contribution in [-0.2, 0) is 33.9 Å². The van der Waals surface area contributed by atoms with E-state index in [0.29, 0.717) is 41.4 Å². The predicted molar refractivity (Wildman–Crippen MR) is 144 cm³/mol. The highest BCUT2D eigenvalue weighted by atomic mass is 19.1. The van der Waals surface area contributed by atoms with Crippen LogP contribution < -0.4 is 17.0 Å². The van der Waals surface area contributed by atoms with E-state index in [1.165, 1.54) is 12.6 Å². The first-order chi connectivity index (χ1) is 18.2. The zero-order valence-corrected chi connectivity index (χ0v) is 22.6. The fourth-order valence-electron chi connectivity index (χ4n) is 6.28. The van der Waals surface area contributed by atoms with Gasteiger partial charge in [-0.3, -0.25) is 14.4 Å². The van der Waals surface area contributed by atoms with Crippen LogP contribution in [-0.4, -0.2) is 29.0 Å². The molecule has 0 spiro atoms. The molecule has 0 saturated carbocycles. The number of carbonyl (C=O) groups excluding carboxylic acids is 2. The number of esters is 1. The third-order valence-corrected chi connectivity index (χ3v) is 8.05. The van der Waals surface area contributed by atoms with E-state index >= 15 is 0 Å². The van der Waals surface area contributed by atoms with Gasteiger partial charge >= 0.3 is 5.97 Å². The van der Waals surface area contributed by atoms with Crippen LogP contribution in [0.25, 0.3) is 22.3 Å². The first-order valence-electron chi connectivity index (χ1n) is 13.0. The average Bonchev–Trinajstić information content (AvgIpc) is 3.27. The highest BCUT2D eigenvalue weighted by Crippen LogP contribution is 2.48. The number of fused-ring (bicyclic) bond motifs is 5. The third kappa shape index (κ3) is 4.09. The molecule has 0 bridgehead atoms. The number of aryl methyl sites for hydroxylation is 1. The van der Waals surface area contributed by atoms with E-state index in [9.17, 15) is 14.0 Å². The first-order valence-corrected chi connectivity index (χ1v) is 13.0. The van der Waals surface area contributed by atoms with E-state index in [1.54, 1.807) is 10.6 Å². The number of halogens is 1. The Morgan fingerprint density at radius 3 is 2.53 bits per heavy atom. The summed E-state index contributed by atoms with van der Waals surface area (Å²) in [6.45, 7) is 8.71. The van der Waals surface area contributed by atoms with E-state index in [-0.39, 0.29) is 30.4 Å². The van der Waals surface area contributed by atoms with Gasteiger partial charge in [0.1, 0.15) is 12.4 Å². The van der Waals surface area contributed by atoms with Crippen LogP contribution in [0.3, 0.4) is 0 Å². The Balaban J connectivity index is 0.000000630. The monoisotopic (exact) mass is 522 g/mol. The fourth-order valence-corrected chi connectivity index (χ4v) is 6.28. The highest BCUT2D eigenvalue weighted by Gasteiger charge is 2.37. The number of pyridine rings is 2. The highest BCUT2D eigenvalue weighted by molar-refractivity contribution is 5.93. The number of amides is 1. The first kappa shape index (κ1) is 27.4. The number of cyclic esters (lactones) is 1. The Morgan fingerprint density at radius 2 is 1.89 bits per heavy atom. The summed E-state index contributed by atoms with van der Waals surface area (Å²) in [6.07, 6.45) is 2.62. The summed E-state index contributed by atoms with van der Waals surface area (Å²) >= 11 is 0. The molecule has 2 atom stereocenters. The van der Waals surface area contributed by atoms with Gasteiger partial charge in [0.25, 0.3) is 5.56 Å². The zero-order chi connectivity index (χ0) is 27.9. The summed E-state index contributed by atoms with van der Waals surface area (Å²) in [5.41, 5.74) is 16.1. The standard InChI is InChI=1S/C27H27FN2O3.CH3NO.CH5N/c1-5-14-17-8-22-25-18(10-30(22)26(31)19(17)11-33-27(14)32)23-15(12(2)3)6-7-16-13(4)20(28)9-21(29-25)24(16)23;2-1-3;1-2/h8-9,12,14-15H,5-7,10-11H2,1-4H3;1H,(H2,2,3);2H2,1H3. The lowest BCUT2D eigenvalue weighted by Gasteiger charge is -2.31. The molecule has 8 nitrogen and oxygen atoms in total. The second-order valence-electron chi connectivity index (χ2n) is 10.2. The van der Waals surface area contributed by atoms with Gasteiger partial charge in [0.15, 0.2) is 0 Å². The molecule has 2 unspecified atom stereocenters. The number of aromatic nitrogens is 2. The van der Waals surface area contributed by atoms with Crippen molar-refractivity contribution in [2.45, 2.75) is 71.9 Å². The van der Waals surface area contributed by atoms with Crippen molar-refractivity contribution in [2.75, 3.05) is 7.05 Å². The average molecular weight is 523 g/mol. The Hall–Kier alpha value is -3.59. The Kier molecular flexibility index (Phi) is 7.69. The molecular weight excluding hydrogens is 487 g/mol. The molecule has 0 radical (unpaired) electrons. The van der Waals surface area contributed by atoms with Gasteiger partial charge in [0, 0.05) is 17.0 Å².